The molecule has 1 aromatic heterocycles. The lowest BCUT2D eigenvalue weighted by molar-refractivity contribution is 1.03. The Labute approximate surface area is 54.0 Å². The van der Waals surface area contributed by atoms with Crippen molar-refractivity contribution in [3.8, 4) is 0 Å². The molecule has 0 amide bonds. The monoisotopic (exact) mass is 143 g/mol. The van der Waals surface area contributed by atoms with Gasteiger partial charge in [0.15, 0.2) is 0 Å². The van der Waals surface area contributed by atoms with Gasteiger partial charge in [0, 0.05) is 6.20 Å². The van der Waals surface area contributed by atoms with Gasteiger partial charge in [-0.05, 0) is 15.5 Å². The van der Waals surface area contributed by atoms with Crippen molar-refractivity contribution < 1.29 is 0 Å². The number of aromatic nitrogens is 2. The Morgan fingerprint density at radius 2 is 2.44 bits per heavy atom. The van der Waals surface area contributed by atoms with Crippen LogP contribution in [0.25, 0.3) is 0 Å². The first-order chi connectivity index (χ1) is 4.20. The van der Waals surface area contributed by atoms with Gasteiger partial charge in [-0.1, -0.05) is 0 Å². The minimum atomic E-state index is -0.361. The number of hydrogen-bond donors (Lipinski definition) is 1. The largest absolute Gasteiger partial charge is 0.383 e. The first-order valence-electron chi connectivity index (χ1n) is 2.30. The topological polar surface area (TPSA) is 60.9 Å². The maximum atomic E-state index is 10.6. The van der Waals surface area contributed by atoms with Gasteiger partial charge in [0.2, 0.25) is 0 Å². The van der Waals surface area contributed by atoms with Crippen LogP contribution in [0.1, 0.15) is 0 Å². The van der Waals surface area contributed by atoms with Gasteiger partial charge in [-0.15, -0.1) is 0 Å². The van der Waals surface area contributed by atoms with E-state index in [1.165, 1.54) is 10.5 Å². The lowest BCUT2D eigenvalue weighted by Crippen LogP contribution is -2.16. The normalized spacial score (nSPS) is 9.44. The SMILES string of the molecule is Nc1ccn(P)c(=O)n1. The van der Waals surface area contributed by atoms with Gasteiger partial charge in [-0.3, -0.25) is 4.34 Å². The van der Waals surface area contributed by atoms with Gasteiger partial charge in [-0.2, -0.15) is 4.98 Å². The zero-order chi connectivity index (χ0) is 6.85. The summed E-state index contributed by atoms with van der Waals surface area (Å²) in [6, 6.07) is 1.55. The third-order valence-corrected chi connectivity index (χ3v) is 1.24. The van der Waals surface area contributed by atoms with Crippen LogP contribution >= 0.6 is 9.39 Å². The molecule has 4 nitrogen and oxygen atoms in total. The molecule has 1 aromatic rings. The van der Waals surface area contributed by atoms with Crippen LogP contribution in [0.2, 0.25) is 0 Å². The average Bonchev–Trinajstić information content (AvgIpc) is 1.80. The molecule has 9 heavy (non-hydrogen) atoms. The minimum absolute atomic E-state index is 0.249. The van der Waals surface area contributed by atoms with Crippen LogP contribution in [-0.4, -0.2) is 9.32 Å². The second-order valence-corrected chi connectivity index (χ2v) is 2.10. The van der Waals surface area contributed by atoms with Gasteiger partial charge in [-0.25, -0.2) is 4.79 Å². The minimum Gasteiger partial charge on any atom is -0.383 e. The fourth-order valence-corrected chi connectivity index (χ4v) is 0.570. The number of nitrogens with two attached hydrogens (primary N) is 1. The van der Waals surface area contributed by atoms with E-state index in [-0.39, 0.29) is 11.5 Å². The van der Waals surface area contributed by atoms with E-state index in [9.17, 15) is 4.79 Å². The molecule has 0 radical (unpaired) electrons. The van der Waals surface area contributed by atoms with Crippen LogP contribution in [0.5, 0.6) is 0 Å². The van der Waals surface area contributed by atoms with Crippen LogP contribution in [0, 0.1) is 0 Å². The van der Waals surface area contributed by atoms with E-state index < -0.39 is 0 Å². The smallest absolute Gasteiger partial charge is 0.352 e. The van der Waals surface area contributed by atoms with Gasteiger partial charge >= 0.3 is 5.69 Å². The molecule has 1 rings (SSSR count). The van der Waals surface area contributed by atoms with Crippen molar-refractivity contribution in [3.05, 3.63) is 22.7 Å². The van der Waals surface area contributed by atoms with E-state index in [4.69, 9.17) is 5.73 Å². The first-order valence-corrected chi connectivity index (χ1v) is 2.82. The number of nitrogen functional groups attached to an aromatic ring is 1. The Balaban J connectivity index is 3.34. The summed E-state index contributed by atoms with van der Waals surface area (Å²) < 4.78 is 1.27. The van der Waals surface area contributed by atoms with Gasteiger partial charge in [0.25, 0.3) is 0 Å². The predicted molar refractivity (Wildman–Crippen MR) is 38.0 cm³/mol. The van der Waals surface area contributed by atoms with Crippen LogP contribution in [-0.2, 0) is 0 Å². The lowest BCUT2D eigenvalue weighted by Gasteiger charge is -1.92. The molecular weight excluding hydrogens is 137 g/mol. The second kappa shape index (κ2) is 2.15. The molecular formula is C4H6N3OP. The number of anilines is 1. The van der Waals surface area contributed by atoms with E-state index in [2.05, 4.69) is 14.4 Å². The molecule has 0 aromatic carbocycles. The molecule has 0 spiro atoms. The van der Waals surface area contributed by atoms with Crippen LogP contribution in [0.3, 0.4) is 0 Å². The first kappa shape index (κ1) is 6.23. The number of rotatable bonds is 0. The number of nitrogens with zero attached hydrogens (tertiary/aromatic N) is 2. The highest BCUT2D eigenvalue weighted by atomic mass is 31.0. The molecule has 5 heteroatoms. The zero-order valence-electron chi connectivity index (χ0n) is 4.61. The fourth-order valence-electron chi connectivity index (χ4n) is 0.426. The van der Waals surface area contributed by atoms with E-state index >= 15 is 0 Å². The van der Waals surface area contributed by atoms with E-state index in [0.29, 0.717) is 0 Å². The van der Waals surface area contributed by atoms with Crippen molar-refractivity contribution in [2.24, 2.45) is 0 Å². The molecule has 0 bridgehead atoms. The van der Waals surface area contributed by atoms with Crippen molar-refractivity contribution in [1.82, 2.24) is 9.32 Å². The second-order valence-electron chi connectivity index (χ2n) is 1.54. The Morgan fingerprint density at radius 3 is 2.89 bits per heavy atom. The summed E-state index contributed by atoms with van der Waals surface area (Å²) in [4.78, 5) is 14.0. The highest BCUT2D eigenvalue weighted by Gasteiger charge is 1.88. The number of hydrogen-bond acceptors (Lipinski definition) is 3. The summed E-state index contributed by atoms with van der Waals surface area (Å²) in [5.74, 6) is 0.249. The summed E-state index contributed by atoms with van der Waals surface area (Å²) in [5, 5.41) is 0. The highest BCUT2D eigenvalue weighted by Crippen LogP contribution is 1.90. The van der Waals surface area contributed by atoms with E-state index in [0.717, 1.165) is 0 Å². The molecule has 1 atom stereocenters. The zero-order valence-corrected chi connectivity index (χ0v) is 5.77. The molecule has 0 fully saturated rings. The molecule has 48 valence electrons. The Kier molecular flexibility index (Phi) is 1.49. The Bertz CT molecular complexity index is 269. The van der Waals surface area contributed by atoms with Crippen molar-refractivity contribution in [3.63, 3.8) is 0 Å². The fraction of sp³-hybridized carbons (Fsp3) is 0. The molecule has 2 N–H and O–H groups in total. The van der Waals surface area contributed by atoms with Crippen molar-refractivity contribution in [1.29, 1.82) is 0 Å². The Hall–Kier alpha value is -0.890. The van der Waals surface area contributed by atoms with Crippen LogP contribution in [0.15, 0.2) is 17.1 Å². The van der Waals surface area contributed by atoms with Crippen molar-refractivity contribution in [2.75, 3.05) is 5.73 Å². The molecule has 0 aliphatic carbocycles. The summed E-state index contributed by atoms with van der Waals surface area (Å²) in [6.07, 6.45) is 1.54. The summed E-state index contributed by atoms with van der Waals surface area (Å²) in [6.45, 7) is 0. The van der Waals surface area contributed by atoms with Crippen molar-refractivity contribution in [2.45, 2.75) is 0 Å². The summed E-state index contributed by atoms with van der Waals surface area (Å²) in [7, 11) is 2.20. The predicted octanol–water partition coefficient (Wildman–Crippen LogP) is -0.536. The standard InChI is InChI=1S/C4H6N3OP/c5-3-1-2-7(9)4(8)6-3/h1-2H,9H2,(H2,5,6,8). The van der Waals surface area contributed by atoms with Gasteiger partial charge < -0.3 is 5.73 Å². The summed E-state index contributed by atoms with van der Waals surface area (Å²) in [5.41, 5.74) is 4.83. The maximum absolute atomic E-state index is 10.6. The summed E-state index contributed by atoms with van der Waals surface area (Å²) >= 11 is 0. The molecule has 0 aliphatic rings. The molecule has 0 saturated heterocycles. The third kappa shape index (κ3) is 1.27. The van der Waals surface area contributed by atoms with Crippen LogP contribution < -0.4 is 11.4 Å². The molecule has 1 heterocycles. The Morgan fingerprint density at radius 1 is 1.78 bits per heavy atom. The third-order valence-electron chi connectivity index (χ3n) is 0.852. The average molecular weight is 143 g/mol. The quantitative estimate of drug-likeness (QED) is 0.496. The van der Waals surface area contributed by atoms with Gasteiger partial charge in [0.1, 0.15) is 5.82 Å². The van der Waals surface area contributed by atoms with E-state index in [1.807, 2.05) is 0 Å². The van der Waals surface area contributed by atoms with Gasteiger partial charge in [0.05, 0.1) is 0 Å². The lowest BCUT2D eigenvalue weighted by atomic mass is 10.6. The molecule has 1 unspecified atom stereocenters. The molecule has 0 aliphatic heterocycles. The molecule has 0 saturated carbocycles. The van der Waals surface area contributed by atoms with Crippen molar-refractivity contribution >= 4 is 15.2 Å². The van der Waals surface area contributed by atoms with E-state index in [1.54, 1.807) is 6.07 Å². The van der Waals surface area contributed by atoms with Crippen LogP contribution in [0.4, 0.5) is 5.82 Å². The highest BCUT2D eigenvalue weighted by molar-refractivity contribution is 7.14. The maximum Gasteiger partial charge on any atom is 0.352 e.